The van der Waals surface area contributed by atoms with Gasteiger partial charge in [-0.05, 0) is 36.2 Å². The van der Waals surface area contributed by atoms with Crippen molar-refractivity contribution in [1.29, 1.82) is 0 Å². The first kappa shape index (κ1) is 18.5. The molecule has 0 fully saturated rings. The van der Waals surface area contributed by atoms with Crippen LogP contribution >= 0.6 is 0 Å². The van der Waals surface area contributed by atoms with Crippen LogP contribution in [0.4, 0.5) is 0 Å². The zero-order valence-electron chi connectivity index (χ0n) is 15.5. The molecule has 0 radical (unpaired) electrons. The highest BCUT2D eigenvalue weighted by molar-refractivity contribution is 5.94. The summed E-state index contributed by atoms with van der Waals surface area (Å²) in [7, 11) is 1.56. The van der Waals surface area contributed by atoms with Gasteiger partial charge in [-0.15, -0.1) is 0 Å². The molecule has 1 aromatic heterocycles. The van der Waals surface area contributed by atoms with Gasteiger partial charge in [-0.2, -0.15) is 0 Å². The molecule has 3 aromatic rings. The van der Waals surface area contributed by atoms with E-state index >= 15 is 0 Å². The van der Waals surface area contributed by atoms with Crippen LogP contribution in [0.2, 0.25) is 0 Å². The number of nitrogens with zero attached hydrogens (tertiary/aromatic N) is 2. The summed E-state index contributed by atoms with van der Waals surface area (Å²) in [6.45, 7) is 3.68. The minimum Gasteiger partial charge on any atom is -0.493 e. The Balaban J connectivity index is 1.58. The van der Waals surface area contributed by atoms with Crippen molar-refractivity contribution in [2.24, 2.45) is 0 Å². The molecule has 0 saturated heterocycles. The molecule has 0 aliphatic rings. The number of aromatic nitrogens is 2. The molecule has 140 valence electrons. The highest BCUT2D eigenvalue weighted by atomic mass is 16.5. The van der Waals surface area contributed by atoms with Gasteiger partial charge in [0.05, 0.1) is 20.0 Å². The fraction of sp³-hybridized carbons (Fsp3) is 0.238. The van der Waals surface area contributed by atoms with E-state index in [-0.39, 0.29) is 5.91 Å². The third kappa shape index (κ3) is 4.88. The molecular formula is C21H23N3O3. The van der Waals surface area contributed by atoms with Crippen molar-refractivity contribution in [2.75, 3.05) is 13.7 Å². The molecule has 6 heteroatoms. The first-order valence-electron chi connectivity index (χ1n) is 8.82. The Hall–Kier alpha value is -3.28. The topological polar surface area (TPSA) is 65.4 Å². The van der Waals surface area contributed by atoms with Crippen molar-refractivity contribution in [3.63, 3.8) is 0 Å². The average molecular weight is 365 g/mol. The molecular weight excluding hydrogens is 342 g/mol. The molecule has 1 heterocycles. The Bertz CT molecular complexity index is 874. The van der Waals surface area contributed by atoms with Gasteiger partial charge in [0.25, 0.3) is 5.91 Å². The molecule has 1 amide bonds. The van der Waals surface area contributed by atoms with Crippen LogP contribution in [0, 0.1) is 0 Å². The Kier molecular flexibility index (Phi) is 6.10. The lowest BCUT2D eigenvalue weighted by atomic mass is 10.1. The van der Waals surface area contributed by atoms with Gasteiger partial charge in [0.1, 0.15) is 0 Å². The third-order valence-electron chi connectivity index (χ3n) is 4.13. The number of ether oxygens (including phenoxy) is 2. The molecule has 0 aliphatic heterocycles. The van der Waals surface area contributed by atoms with E-state index in [1.54, 1.807) is 37.8 Å². The second-order valence-corrected chi connectivity index (χ2v) is 6.03. The van der Waals surface area contributed by atoms with Crippen molar-refractivity contribution in [3.8, 4) is 11.5 Å². The molecule has 0 unspecified atom stereocenters. The van der Waals surface area contributed by atoms with Crippen molar-refractivity contribution in [1.82, 2.24) is 14.9 Å². The highest BCUT2D eigenvalue weighted by Gasteiger charge is 2.11. The van der Waals surface area contributed by atoms with Gasteiger partial charge >= 0.3 is 0 Å². The minimum absolute atomic E-state index is 0.154. The van der Waals surface area contributed by atoms with Crippen LogP contribution in [0.1, 0.15) is 28.4 Å². The number of methoxy groups -OCH3 is 1. The fourth-order valence-electron chi connectivity index (χ4n) is 2.72. The van der Waals surface area contributed by atoms with Crippen LogP contribution in [0.3, 0.4) is 0 Å². The van der Waals surface area contributed by atoms with Gasteiger partial charge in [0.2, 0.25) is 0 Å². The molecule has 0 spiro atoms. The maximum Gasteiger partial charge on any atom is 0.251 e. The van der Waals surface area contributed by atoms with Crippen molar-refractivity contribution in [3.05, 3.63) is 77.9 Å². The number of imidazole rings is 1. The molecule has 3 rings (SSSR count). The first-order valence-corrected chi connectivity index (χ1v) is 8.82. The largest absolute Gasteiger partial charge is 0.493 e. The zero-order chi connectivity index (χ0) is 19.1. The van der Waals surface area contributed by atoms with Crippen molar-refractivity contribution < 1.29 is 14.3 Å². The summed E-state index contributed by atoms with van der Waals surface area (Å²) in [6, 6.07) is 13.3. The Morgan fingerprint density at radius 1 is 1.11 bits per heavy atom. The number of hydrogen-bond acceptors (Lipinski definition) is 4. The second-order valence-electron chi connectivity index (χ2n) is 6.03. The number of amides is 1. The number of carbonyl (C=O) groups is 1. The van der Waals surface area contributed by atoms with Gasteiger partial charge in [-0.3, -0.25) is 4.79 Å². The third-order valence-corrected chi connectivity index (χ3v) is 4.13. The lowest BCUT2D eigenvalue weighted by molar-refractivity contribution is 0.0950. The number of rotatable bonds is 8. The highest BCUT2D eigenvalue weighted by Crippen LogP contribution is 2.28. The normalized spacial score (nSPS) is 10.4. The van der Waals surface area contributed by atoms with Gasteiger partial charge in [-0.25, -0.2) is 4.98 Å². The smallest absolute Gasteiger partial charge is 0.251 e. The van der Waals surface area contributed by atoms with E-state index in [0.29, 0.717) is 30.2 Å². The quantitative estimate of drug-likeness (QED) is 0.665. The van der Waals surface area contributed by atoms with Gasteiger partial charge in [-0.1, -0.05) is 24.3 Å². The molecule has 0 aliphatic carbocycles. The average Bonchev–Trinajstić information content (AvgIpc) is 3.21. The maximum absolute atomic E-state index is 12.4. The van der Waals surface area contributed by atoms with Crippen LogP contribution in [0.25, 0.3) is 0 Å². The molecule has 0 saturated carbocycles. The summed E-state index contributed by atoms with van der Waals surface area (Å²) < 4.78 is 12.8. The maximum atomic E-state index is 12.4. The van der Waals surface area contributed by atoms with E-state index < -0.39 is 0 Å². The van der Waals surface area contributed by atoms with Crippen molar-refractivity contribution in [2.45, 2.75) is 20.0 Å². The van der Waals surface area contributed by atoms with E-state index in [9.17, 15) is 4.79 Å². The lowest BCUT2D eigenvalue weighted by Gasteiger charge is -2.11. The van der Waals surface area contributed by atoms with Gasteiger partial charge in [0, 0.05) is 31.0 Å². The minimum atomic E-state index is -0.154. The molecule has 1 N–H and O–H groups in total. The van der Waals surface area contributed by atoms with Crippen LogP contribution in [0.15, 0.2) is 61.2 Å². The van der Waals surface area contributed by atoms with Gasteiger partial charge in [0.15, 0.2) is 11.5 Å². The molecule has 0 bridgehead atoms. The zero-order valence-corrected chi connectivity index (χ0v) is 15.5. The van der Waals surface area contributed by atoms with Crippen molar-refractivity contribution >= 4 is 5.91 Å². The Morgan fingerprint density at radius 2 is 1.89 bits per heavy atom. The van der Waals surface area contributed by atoms with Crippen LogP contribution in [0.5, 0.6) is 11.5 Å². The summed E-state index contributed by atoms with van der Waals surface area (Å²) >= 11 is 0. The number of nitrogens with one attached hydrogen (secondary N) is 1. The molecule has 2 aromatic carbocycles. The number of benzene rings is 2. The van der Waals surface area contributed by atoms with E-state index in [1.165, 1.54) is 5.56 Å². The van der Waals surface area contributed by atoms with Gasteiger partial charge < -0.3 is 19.4 Å². The first-order chi connectivity index (χ1) is 13.2. The summed E-state index contributed by atoms with van der Waals surface area (Å²) in [5.74, 6) is 1.03. The van der Waals surface area contributed by atoms with E-state index in [2.05, 4.69) is 22.4 Å². The monoisotopic (exact) mass is 365 g/mol. The van der Waals surface area contributed by atoms with Crippen LogP contribution in [-0.2, 0) is 13.1 Å². The molecule has 27 heavy (non-hydrogen) atoms. The Labute approximate surface area is 158 Å². The predicted octanol–water partition coefficient (Wildman–Crippen LogP) is 3.27. The standard InChI is InChI=1S/C21H23N3O3/c1-3-27-19-9-8-18(12-20(19)26-2)21(25)23-13-16-4-6-17(7-5-16)14-24-11-10-22-15-24/h4-12,15H,3,13-14H2,1-2H3,(H,23,25). The van der Waals surface area contributed by atoms with E-state index in [1.807, 2.05) is 29.8 Å². The van der Waals surface area contributed by atoms with E-state index in [4.69, 9.17) is 9.47 Å². The SMILES string of the molecule is CCOc1ccc(C(=O)NCc2ccc(Cn3ccnc3)cc2)cc1OC. The summed E-state index contributed by atoms with van der Waals surface area (Å²) in [4.78, 5) is 16.5. The number of hydrogen-bond donors (Lipinski definition) is 1. The van der Waals surface area contributed by atoms with E-state index in [0.717, 1.165) is 12.1 Å². The lowest BCUT2D eigenvalue weighted by Crippen LogP contribution is -2.22. The Morgan fingerprint density at radius 3 is 2.56 bits per heavy atom. The molecule has 6 nitrogen and oxygen atoms in total. The summed E-state index contributed by atoms with van der Waals surface area (Å²) in [5.41, 5.74) is 2.75. The fourth-order valence-corrected chi connectivity index (χ4v) is 2.72. The predicted molar refractivity (Wildman–Crippen MR) is 103 cm³/mol. The summed E-state index contributed by atoms with van der Waals surface area (Å²) in [5, 5.41) is 2.93. The van der Waals surface area contributed by atoms with Crippen LogP contribution in [-0.4, -0.2) is 29.2 Å². The summed E-state index contributed by atoms with van der Waals surface area (Å²) in [6.07, 6.45) is 5.48. The second kappa shape index (κ2) is 8.89. The molecule has 0 atom stereocenters. The van der Waals surface area contributed by atoms with Crippen LogP contribution < -0.4 is 14.8 Å². The number of carbonyl (C=O) groups excluding carboxylic acids is 1.